The minimum absolute atomic E-state index is 0.0781. The standard InChI is InChI=1S/C37H63O13P/c1-3-5-7-8-9-10-11-12-13-14-15-16-17-18-19-20-21-22-24-26-31(39)49-29(27-47-30(38)25-23-6-4-2)28-48-51(45,46)50-37-35(43)33(41)32(40)34(42)36(37)44/h5,7,9-10,12-13,15-16,29,32-37,40-44H,3-4,6,8,11,14,17-28H2,1-2H3,(H,45,46)/b7-5-,10-9-,13-12-,16-15-. The maximum absolute atomic E-state index is 12.6. The molecule has 0 aliphatic heterocycles. The topological polar surface area (TPSA) is 210 Å². The summed E-state index contributed by atoms with van der Waals surface area (Å²) >= 11 is 0. The molecule has 1 aliphatic carbocycles. The van der Waals surface area contributed by atoms with Gasteiger partial charge in [-0.3, -0.25) is 18.6 Å². The van der Waals surface area contributed by atoms with Crippen LogP contribution in [0, 0.1) is 0 Å². The highest BCUT2D eigenvalue weighted by Gasteiger charge is 2.51. The van der Waals surface area contributed by atoms with Crippen LogP contribution in [0.4, 0.5) is 0 Å². The molecule has 1 rings (SSSR count). The van der Waals surface area contributed by atoms with E-state index in [4.69, 9.17) is 18.5 Å². The van der Waals surface area contributed by atoms with Gasteiger partial charge >= 0.3 is 19.8 Å². The van der Waals surface area contributed by atoms with E-state index in [1.165, 1.54) is 0 Å². The van der Waals surface area contributed by atoms with Crippen molar-refractivity contribution in [3.05, 3.63) is 48.6 Å². The quantitative estimate of drug-likeness (QED) is 0.0261. The molecule has 13 nitrogen and oxygen atoms in total. The second-order valence-electron chi connectivity index (χ2n) is 12.7. The van der Waals surface area contributed by atoms with E-state index in [-0.39, 0.29) is 12.8 Å². The van der Waals surface area contributed by atoms with Gasteiger partial charge in [0.05, 0.1) is 6.61 Å². The number of carbonyl (C=O) groups is 2. The second-order valence-corrected chi connectivity index (χ2v) is 14.1. The molecule has 0 saturated heterocycles. The molecule has 6 unspecified atom stereocenters. The van der Waals surface area contributed by atoms with Gasteiger partial charge in [-0.25, -0.2) is 4.57 Å². The van der Waals surface area contributed by atoms with Crippen LogP contribution in [0.1, 0.15) is 117 Å². The molecule has 6 atom stereocenters. The first-order valence-corrected chi connectivity index (χ1v) is 19.9. The third-order valence-electron chi connectivity index (χ3n) is 8.18. The SMILES string of the molecule is CC/C=C\C/C=C\C/C=C\C/C=C\CCCCCCCCC(=O)OC(COC(=O)CCCCC)COP(=O)(O)OC1C(O)C(O)C(O)C(O)C1O. The fourth-order valence-corrected chi connectivity index (χ4v) is 6.13. The molecule has 1 fully saturated rings. The number of phosphoric ester groups is 1. The van der Waals surface area contributed by atoms with Crippen molar-refractivity contribution in [3.8, 4) is 0 Å². The normalized spacial score (nSPS) is 24.5. The van der Waals surface area contributed by atoms with Crippen LogP contribution in [0.5, 0.6) is 0 Å². The number of unbranched alkanes of at least 4 members (excludes halogenated alkanes) is 8. The molecule has 0 aromatic heterocycles. The highest BCUT2D eigenvalue weighted by atomic mass is 31.2. The number of allylic oxidation sites excluding steroid dienone is 8. The van der Waals surface area contributed by atoms with Crippen molar-refractivity contribution < 1.29 is 63.1 Å². The number of esters is 2. The first kappa shape index (κ1) is 46.8. The van der Waals surface area contributed by atoms with Gasteiger partial charge in [-0.2, -0.15) is 0 Å². The summed E-state index contributed by atoms with van der Waals surface area (Å²) in [6.45, 7) is 2.92. The lowest BCUT2D eigenvalue weighted by molar-refractivity contribution is -0.220. The Balaban J connectivity index is 2.42. The minimum Gasteiger partial charge on any atom is -0.462 e. The number of hydrogen-bond donors (Lipinski definition) is 6. The molecule has 0 aromatic rings. The molecule has 0 heterocycles. The molecular weight excluding hydrogens is 683 g/mol. The Labute approximate surface area is 303 Å². The highest BCUT2D eigenvalue weighted by Crippen LogP contribution is 2.47. The summed E-state index contributed by atoms with van der Waals surface area (Å²) < 4.78 is 32.9. The summed E-state index contributed by atoms with van der Waals surface area (Å²) in [5, 5.41) is 49.7. The summed E-state index contributed by atoms with van der Waals surface area (Å²) in [5.74, 6) is -1.15. The van der Waals surface area contributed by atoms with Crippen LogP contribution in [-0.4, -0.2) is 98.3 Å². The van der Waals surface area contributed by atoms with Crippen molar-refractivity contribution in [1.29, 1.82) is 0 Å². The number of hydrogen-bond acceptors (Lipinski definition) is 12. The van der Waals surface area contributed by atoms with Gasteiger partial charge in [-0.1, -0.05) is 101 Å². The van der Waals surface area contributed by atoms with Gasteiger partial charge < -0.3 is 39.9 Å². The first-order chi connectivity index (χ1) is 24.4. The summed E-state index contributed by atoms with van der Waals surface area (Å²) in [5.41, 5.74) is 0. The van der Waals surface area contributed by atoms with Crippen LogP contribution in [-0.2, 0) is 32.7 Å². The average Bonchev–Trinajstić information content (AvgIpc) is 3.10. The van der Waals surface area contributed by atoms with E-state index in [9.17, 15) is 44.6 Å². The third-order valence-corrected chi connectivity index (χ3v) is 9.17. The van der Waals surface area contributed by atoms with Crippen molar-refractivity contribution in [2.24, 2.45) is 0 Å². The van der Waals surface area contributed by atoms with Gasteiger partial charge in [0.15, 0.2) is 6.10 Å². The molecule has 0 aromatic carbocycles. The molecule has 0 radical (unpaired) electrons. The first-order valence-electron chi connectivity index (χ1n) is 18.4. The molecule has 6 N–H and O–H groups in total. The zero-order valence-corrected chi connectivity index (χ0v) is 31.3. The molecule has 294 valence electrons. The molecule has 1 saturated carbocycles. The molecule has 1 aliphatic rings. The monoisotopic (exact) mass is 746 g/mol. The average molecular weight is 747 g/mol. The van der Waals surface area contributed by atoms with E-state index >= 15 is 0 Å². The Bertz CT molecular complexity index is 1090. The van der Waals surface area contributed by atoms with Crippen molar-refractivity contribution >= 4 is 19.8 Å². The van der Waals surface area contributed by atoms with Crippen LogP contribution in [0.15, 0.2) is 48.6 Å². The van der Waals surface area contributed by atoms with Crippen LogP contribution in [0.3, 0.4) is 0 Å². The Morgan fingerprint density at radius 1 is 0.627 bits per heavy atom. The second kappa shape index (κ2) is 28.3. The number of phosphoric acid groups is 1. The Morgan fingerprint density at radius 2 is 1.12 bits per heavy atom. The largest absolute Gasteiger partial charge is 0.472 e. The van der Waals surface area contributed by atoms with Crippen molar-refractivity contribution in [2.75, 3.05) is 13.2 Å². The van der Waals surface area contributed by atoms with E-state index in [1.54, 1.807) is 0 Å². The number of aliphatic hydroxyl groups excluding tert-OH is 5. The van der Waals surface area contributed by atoms with Gasteiger partial charge in [0, 0.05) is 12.8 Å². The third kappa shape index (κ3) is 21.8. The van der Waals surface area contributed by atoms with Crippen molar-refractivity contribution in [2.45, 2.75) is 159 Å². The molecule has 51 heavy (non-hydrogen) atoms. The van der Waals surface area contributed by atoms with Gasteiger partial charge in [0.25, 0.3) is 0 Å². The fraction of sp³-hybridized carbons (Fsp3) is 0.730. The lowest BCUT2D eigenvalue weighted by atomic mass is 9.85. The number of aliphatic hydroxyl groups is 5. The van der Waals surface area contributed by atoms with Crippen molar-refractivity contribution in [3.63, 3.8) is 0 Å². The Kier molecular flexibility index (Phi) is 26.0. The number of rotatable bonds is 28. The van der Waals surface area contributed by atoms with Crippen molar-refractivity contribution in [1.82, 2.24) is 0 Å². The summed E-state index contributed by atoms with van der Waals surface area (Å²) in [4.78, 5) is 34.9. The lowest BCUT2D eigenvalue weighted by Gasteiger charge is -2.41. The smallest absolute Gasteiger partial charge is 0.462 e. The van der Waals surface area contributed by atoms with Gasteiger partial charge in [0.1, 0.15) is 43.2 Å². The van der Waals surface area contributed by atoms with E-state index in [0.717, 1.165) is 77.0 Å². The van der Waals surface area contributed by atoms with E-state index < -0.39 is 75.7 Å². The molecule has 14 heteroatoms. The maximum atomic E-state index is 12.6. The number of ether oxygens (including phenoxy) is 2. The predicted molar refractivity (Wildman–Crippen MR) is 193 cm³/mol. The Hall–Kier alpha value is -2.19. The minimum atomic E-state index is -5.10. The van der Waals surface area contributed by atoms with E-state index in [2.05, 4.69) is 55.5 Å². The predicted octanol–water partition coefficient (Wildman–Crippen LogP) is 5.27. The molecule has 0 bridgehead atoms. The van der Waals surface area contributed by atoms with E-state index in [1.807, 2.05) is 6.92 Å². The summed E-state index contributed by atoms with van der Waals surface area (Å²) in [7, 11) is -5.10. The zero-order chi connectivity index (χ0) is 37.9. The molecule has 0 spiro atoms. The Morgan fingerprint density at radius 3 is 1.71 bits per heavy atom. The van der Waals surface area contributed by atoms with Crippen LogP contribution in [0.2, 0.25) is 0 Å². The van der Waals surface area contributed by atoms with Crippen LogP contribution < -0.4 is 0 Å². The lowest BCUT2D eigenvalue weighted by Crippen LogP contribution is -2.64. The van der Waals surface area contributed by atoms with Crippen LogP contribution >= 0.6 is 7.82 Å². The fourth-order valence-electron chi connectivity index (χ4n) is 5.16. The van der Waals surface area contributed by atoms with Crippen LogP contribution in [0.25, 0.3) is 0 Å². The summed E-state index contributed by atoms with van der Waals surface area (Å²) in [6.07, 6.45) is 17.3. The molecular formula is C37H63O13P. The highest BCUT2D eigenvalue weighted by molar-refractivity contribution is 7.47. The van der Waals surface area contributed by atoms with E-state index in [0.29, 0.717) is 12.8 Å². The maximum Gasteiger partial charge on any atom is 0.472 e. The molecule has 0 amide bonds. The zero-order valence-electron chi connectivity index (χ0n) is 30.4. The number of carbonyl (C=O) groups excluding carboxylic acids is 2. The van der Waals surface area contributed by atoms with Gasteiger partial charge in [-0.05, 0) is 51.4 Å². The van der Waals surface area contributed by atoms with Gasteiger partial charge in [-0.15, -0.1) is 0 Å². The van der Waals surface area contributed by atoms with Gasteiger partial charge in [0.2, 0.25) is 0 Å². The summed E-state index contributed by atoms with van der Waals surface area (Å²) in [6, 6.07) is 0.